The van der Waals surface area contributed by atoms with Gasteiger partial charge in [-0.2, -0.15) is 5.10 Å². The van der Waals surface area contributed by atoms with Crippen LogP contribution >= 0.6 is 0 Å². The van der Waals surface area contributed by atoms with Gasteiger partial charge in [-0.15, -0.1) is 0 Å². The Morgan fingerprint density at radius 1 is 1.20 bits per heavy atom. The standard InChI is InChI=1S/C20H24N4O/c1-20(2,3)11-18(15-8-6-10-21-12-15)22-19(25)14-24-13-16-7-4-5-9-17(16)23-24/h4-10,12-13,18H,11,14H2,1-3H3,(H,22,25). The van der Waals surface area contributed by atoms with Gasteiger partial charge in [0.25, 0.3) is 0 Å². The lowest BCUT2D eigenvalue weighted by atomic mass is 9.86. The molecule has 1 unspecified atom stereocenters. The zero-order chi connectivity index (χ0) is 17.9. The van der Waals surface area contributed by atoms with E-state index in [0.717, 1.165) is 22.9 Å². The highest BCUT2D eigenvalue weighted by Crippen LogP contribution is 2.29. The first kappa shape index (κ1) is 17.1. The summed E-state index contributed by atoms with van der Waals surface area (Å²) in [5.41, 5.74) is 2.01. The lowest BCUT2D eigenvalue weighted by Crippen LogP contribution is -2.33. The molecule has 1 N–H and O–H groups in total. The van der Waals surface area contributed by atoms with Gasteiger partial charge < -0.3 is 5.32 Å². The molecule has 3 rings (SSSR count). The van der Waals surface area contributed by atoms with E-state index in [-0.39, 0.29) is 23.9 Å². The number of nitrogens with one attached hydrogen (secondary N) is 1. The van der Waals surface area contributed by atoms with Crippen LogP contribution in [0.1, 0.15) is 38.8 Å². The third-order valence-electron chi connectivity index (χ3n) is 4.01. The van der Waals surface area contributed by atoms with E-state index in [9.17, 15) is 4.79 Å². The van der Waals surface area contributed by atoms with Gasteiger partial charge in [0.2, 0.25) is 5.91 Å². The molecule has 0 aliphatic rings. The van der Waals surface area contributed by atoms with Gasteiger partial charge in [0, 0.05) is 24.0 Å². The second-order valence-corrected chi connectivity index (χ2v) is 7.56. The molecule has 1 aromatic carbocycles. The molecule has 130 valence electrons. The Labute approximate surface area is 148 Å². The van der Waals surface area contributed by atoms with Crippen LogP contribution in [0.4, 0.5) is 0 Å². The van der Waals surface area contributed by atoms with Crippen molar-refractivity contribution in [3.8, 4) is 0 Å². The van der Waals surface area contributed by atoms with Crippen molar-refractivity contribution >= 4 is 16.8 Å². The molecule has 0 spiro atoms. The van der Waals surface area contributed by atoms with E-state index in [1.807, 2.05) is 48.8 Å². The van der Waals surface area contributed by atoms with Crippen molar-refractivity contribution in [3.63, 3.8) is 0 Å². The number of hydrogen-bond donors (Lipinski definition) is 1. The second-order valence-electron chi connectivity index (χ2n) is 7.56. The lowest BCUT2D eigenvalue weighted by Gasteiger charge is -2.27. The number of rotatable bonds is 5. The van der Waals surface area contributed by atoms with Crippen molar-refractivity contribution in [1.82, 2.24) is 20.1 Å². The van der Waals surface area contributed by atoms with Crippen molar-refractivity contribution in [3.05, 3.63) is 60.6 Å². The van der Waals surface area contributed by atoms with Gasteiger partial charge in [-0.1, -0.05) is 45.0 Å². The van der Waals surface area contributed by atoms with Crippen molar-refractivity contribution in [2.75, 3.05) is 0 Å². The Morgan fingerprint density at radius 2 is 2.00 bits per heavy atom. The summed E-state index contributed by atoms with van der Waals surface area (Å²) in [5.74, 6) is -0.0501. The minimum atomic E-state index is -0.0637. The Kier molecular flexibility index (Phi) is 4.83. The molecule has 0 radical (unpaired) electrons. The highest BCUT2D eigenvalue weighted by atomic mass is 16.2. The monoisotopic (exact) mass is 336 g/mol. The molecular formula is C20H24N4O. The van der Waals surface area contributed by atoms with Gasteiger partial charge in [0.05, 0.1) is 11.6 Å². The summed E-state index contributed by atoms with van der Waals surface area (Å²) < 4.78 is 1.69. The number of carbonyl (C=O) groups is 1. The number of fused-ring (bicyclic) bond motifs is 1. The second kappa shape index (κ2) is 7.05. The molecule has 2 heterocycles. The van der Waals surface area contributed by atoms with Crippen LogP contribution in [0.2, 0.25) is 0 Å². The predicted molar refractivity (Wildman–Crippen MR) is 98.9 cm³/mol. The van der Waals surface area contributed by atoms with E-state index in [2.05, 4.69) is 36.2 Å². The van der Waals surface area contributed by atoms with Crippen molar-refractivity contribution in [2.45, 2.75) is 39.8 Å². The van der Waals surface area contributed by atoms with Gasteiger partial charge >= 0.3 is 0 Å². The highest BCUT2D eigenvalue weighted by Gasteiger charge is 2.22. The maximum atomic E-state index is 12.6. The average Bonchev–Trinajstić information content (AvgIpc) is 2.95. The number of amides is 1. The van der Waals surface area contributed by atoms with Gasteiger partial charge in [-0.25, -0.2) is 0 Å². The number of nitrogens with zero attached hydrogens (tertiary/aromatic N) is 3. The fraction of sp³-hybridized carbons (Fsp3) is 0.350. The zero-order valence-corrected chi connectivity index (χ0v) is 14.9. The topological polar surface area (TPSA) is 59.8 Å². The highest BCUT2D eigenvalue weighted by molar-refractivity contribution is 5.80. The summed E-state index contributed by atoms with van der Waals surface area (Å²) in [6, 6.07) is 11.7. The normalized spacial score (nSPS) is 12.9. The van der Waals surface area contributed by atoms with E-state index in [1.165, 1.54) is 0 Å². The molecule has 1 amide bonds. The molecular weight excluding hydrogens is 312 g/mol. The van der Waals surface area contributed by atoms with Gasteiger partial charge in [-0.05, 0) is 29.5 Å². The van der Waals surface area contributed by atoms with Crippen LogP contribution in [0.15, 0.2) is 55.0 Å². The van der Waals surface area contributed by atoms with Crippen LogP contribution in [0.3, 0.4) is 0 Å². The molecule has 0 aliphatic carbocycles. The number of aromatic nitrogens is 3. The fourth-order valence-corrected chi connectivity index (χ4v) is 2.93. The molecule has 0 saturated carbocycles. The summed E-state index contributed by atoms with van der Waals surface area (Å²) in [6.45, 7) is 6.71. The molecule has 1 atom stereocenters. The summed E-state index contributed by atoms with van der Waals surface area (Å²) in [4.78, 5) is 16.8. The quantitative estimate of drug-likeness (QED) is 0.772. The van der Waals surface area contributed by atoms with Crippen LogP contribution in [-0.2, 0) is 11.3 Å². The summed E-state index contributed by atoms with van der Waals surface area (Å²) in [7, 11) is 0. The fourth-order valence-electron chi connectivity index (χ4n) is 2.93. The van der Waals surface area contributed by atoms with Gasteiger partial charge in [-0.3, -0.25) is 14.5 Å². The molecule has 3 aromatic rings. The van der Waals surface area contributed by atoms with E-state index < -0.39 is 0 Å². The molecule has 5 nitrogen and oxygen atoms in total. The maximum absolute atomic E-state index is 12.6. The first-order chi connectivity index (χ1) is 11.9. The number of benzene rings is 1. The third kappa shape index (κ3) is 4.66. The maximum Gasteiger partial charge on any atom is 0.242 e. The number of pyridine rings is 1. The Balaban J connectivity index is 1.73. The van der Waals surface area contributed by atoms with Gasteiger partial charge in [0.15, 0.2) is 0 Å². The van der Waals surface area contributed by atoms with Gasteiger partial charge in [0.1, 0.15) is 6.54 Å². The van der Waals surface area contributed by atoms with Crippen molar-refractivity contribution < 1.29 is 4.79 Å². The van der Waals surface area contributed by atoms with Crippen LogP contribution in [0.5, 0.6) is 0 Å². The summed E-state index contributed by atoms with van der Waals surface area (Å²) >= 11 is 0. The molecule has 2 aromatic heterocycles. The van der Waals surface area contributed by atoms with E-state index >= 15 is 0 Å². The first-order valence-corrected chi connectivity index (χ1v) is 8.52. The third-order valence-corrected chi connectivity index (χ3v) is 4.01. The van der Waals surface area contributed by atoms with Crippen LogP contribution < -0.4 is 5.32 Å². The van der Waals surface area contributed by atoms with Crippen LogP contribution in [0.25, 0.3) is 10.9 Å². The molecule has 25 heavy (non-hydrogen) atoms. The smallest absolute Gasteiger partial charge is 0.242 e. The Hall–Kier alpha value is -2.69. The molecule has 0 bridgehead atoms. The number of hydrogen-bond acceptors (Lipinski definition) is 3. The largest absolute Gasteiger partial charge is 0.348 e. The average molecular weight is 336 g/mol. The molecule has 0 fully saturated rings. The Morgan fingerprint density at radius 3 is 2.68 bits per heavy atom. The minimum absolute atomic E-state index is 0.0501. The van der Waals surface area contributed by atoms with Crippen molar-refractivity contribution in [1.29, 1.82) is 0 Å². The molecule has 5 heteroatoms. The number of carbonyl (C=O) groups excluding carboxylic acids is 1. The van der Waals surface area contributed by atoms with Crippen LogP contribution in [-0.4, -0.2) is 20.7 Å². The Bertz CT molecular complexity index is 816. The van der Waals surface area contributed by atoms with E-state index in [0.29, 0.717) is 0 Å². The van der Waals surface area contributed by atoms with E-state index in [1.54, 1.807) is 10.9 Å². The SMILES string of the molecule is CC(C)(C)CC(NC(=O)Cn1cc2ccccc2n1)c1cccnc1. The molecule has 0 aliphatic heterocycles. The minimum Gasteiger partial charge on any atom is -0.348 e. The van der Waals surface area contributed by atoms with Crippen LogP contribution in [0, 0.1) is 5.41 Å². The summed E-state index contributed by atoms with van der Waals surface area (Å²) in [5, 5.41) is 8.63. The lowest BCUT2D eigenvalue weighted by molar-refractivity contribution is -0.122. The summed E-state index contributed by atoms with van der Waals surface area (Å²) in [6.07, 6.45) is 6.30. The molecule has 0 saturated heterocycles. The zero-order valence-electron chi connectivity index (χ0n) is 14.9. The van der Waals surface area contributed by atoms with Crippen molar-refractivity contribution in [2.24, 2.45) is 5.41 Å². The van der Waals surface area contributed by atoms with E-state index in [4.69, 9.17) is 0 Å². The predicted octanol–water partition coefficient (Wildman–Crippen LogP) is 3.73. The first-order valence-electron chi connectivity index (χ1n) is 8.52.